The highest BCUT2D eigenvalue weighted by Crippen LogP contribution is 2.25. The quantitative estimate of drug-likeness (QED) is 0.899. The van der Waals surface area contributed by atoms with Crippen molar-refractivity contribution < 1.29 is 21.6 Å². The van der Waals surface area contributed by atoms with Gasteiger partial charge in [-0.15, -0.1) is 0 Å². The maximum atomic E-state index is 12.1. The summed E-state index contributed by atoms with van der Waals surface area (Å²) >= 11 is 0. The van der Waals surface area contributed by atoms with E-state index < -0.39 is 15.5 Å². The standard InChI is InChI=1S/C9H10F3NO2S/c1-2-7-4-3-5-8(6-7)13-16(14,15)9(10,11)12/h3-6,13H,2H2,1H3. The van der Waals surface area contributed by atoms with Gasteiger partial charge < -0.3 is 0 Å². The van der Waals surface area contributed by atoms with E-state index in [9.17, 15) is 21.6 Å². The fraction of sp³-hybridized carbons (Fsp3) is 0.333. The zero-order valence-electron chi connectivity index (χ0n) is 8.38. The van der Waals surface area contributed by atoms with Gasteiger partial charge in [-0.3, -0.25) is 4.72 Å². The minimum Gasteiger partial charge on any atom is -0.276 e. The fourth-order valence-electron chi connectivity index (χ4n) is 1.07. The number of halogens is 3. The average Bonchev–Trinajstić information content (AvgIpc) is 2.15. The van der Waals surface area contributed by atoms with E-state index in [1.165, 1.54) is 22.9 Å². The van der Waals surface area contributed by atoms with Crippen LogP contribution in [0.15, 0.2) is 24.3 Å². The van der Waals surface area contributed by atoms with Crippen molar-refractivity contribution in [3.05, 3.63) is 29.8 Å². The molecule has 1 aromatic rings. The lowest BCUT2D eigenvalue weighted by molar-refractivity contribution is -0.0429. The van der Waals surface area contributed by atoms with E-state index in [1.54, 1.807) is 6.07 Å². The van der Waals surface area contributed by atoms with Gasteiger partial charge in [0.15, 0.2) is 0 Å². The van der Waals surface area contributed by atoms with Crippen LogP contribution in [-0.2, 0) is 16.4 Å². The van der Waals surface area contributed by atoms with Crippen molar-refractivity contribution in [2.24, 2.45) is 0 Å². The molecule has 0 aliphatic carbocycles. The Hall–Kier alpha value is -1.24. The van der Waals surface area contributed by atoms with Gasteiger partial charge in [0.25, 0.3) is 0 Å². The summed E-state index contributed by atoms with van der Waals surface area (Å²) in [6.45, 7) is 1.82. The molecular weight excluding hydrogens is 243 g/mol. The van der Waals surface area contributed by atoms with Gasteiger partial charge in [-0.05, 0) is 24.1 Å². The third-order valence-electron chi connectivity index (χ3n) is 1.89. The van der Waals surface area contributed by atoms with Crippen LogP contribution in [0.4, 0.5) is 18.9 Å². The molecule has 0 atom stereocenters. The highest BCUT2D eigenvalue weighted by molar-refractivity contribution is 7.93. The Bertz CT molecular complexity index is 468. The average molecular weight is 253 g/mol. The minimum atomic E-state index is -5.33. The van der Waals surface area contributed by atoms with Crippen molar-refractivity contribution in [3.63, 3.8) is 0 Å². The molecule has 1 rings (SSSR count). The SMILES string of the molecule is CCc1cccc(NS(=O)(=O)C(F)(F)F)c1. The van der Waals surface area contributed by atoms with Crippen LogP contribution in [0, 0.1) is 0 Å². The number of rotatable bonds is 3. The van der Waals surface area contributed by atoms with Gasteiger partial charge in [0.1, 0.15) is 0 Å². The number of hydrogen-bond acceptors (Lipinski definition) is 2. The predicted octanol–water partition coefficient (Wildman–Crippen LogP) is 2.51. The monoisotopic (exact) mass is 253 g/mol. The molecule has 1 aromatic carbocycles. The molecule has 7 heteroatoms. The number of anilines is 1. The Kier molecular flexibility index (Phi) is 3.47. The van der Waals surface area contributed by atoms with Crippen molar-refractivity contribution >= 4 is 15.7 Å². The largest absolute Gasteiger partial charge is 0.516 e. The second-order valence-electron chi connectivity index (χ2n) is 3.11. The van der Waals surface area contributed by atoms with Gasteiger partial charge in [-0.1, -0.05) is 19.1 Å². The van der Waals surface area contributed by atoms with Crippen molar-refractivity contribution in [2.45, 2.75) is 18.9 Å². The summed E-state index contributed by atoms with van der Waals surface area (Å²) in [5.41, 5.74) is -4.63. The number of aryl methyl sites for hydroxylation is 1. The molecule has 0 saturated carbocycles. The van der Waals surface area contributed by atoms with Crippen molar-refractivity contribution in [2.75, 3.05) is 4.72 Å². The van der Waals surface area contributed by atoms with E-state index in [4.69, 9.17) is 0 Å². The van der Waals surface area contributed by atoms with E-state index in [0.29, 0.717) is 6.42 Å². The molecule has 0 amide bonds. The first-order valence-electron chi connectivity index (χ1n) is 4.44. The fourth-order valence-corrected chi connectivity index (χ4v) is 1.62. The van der Waals surface area contributed by atoms with E-state index in [1.807, 2.05) is 6.92 Å². The third kappa shape index (κ3) is 2.88. The summed E-state index contributed by atoms with van der Waals surface area (Å²) in [5.74, 6) is 0. The van der Waals surface area contributed by atoms with Crippen LogP contribution in [0.2, 0.25) is 0 Å². The van der Waals surface area contributed by atoms with Crippen LogP contribution < -0.4 is 4.72 Å². The first-order valence-corrected chi connectivity index (χ1v) is 5.92. The number of nitrogens with one attached hydrogen (secondary N) is 1. The van der Waals surface area contributed by atoms with E-state index in [-0.39, 0.29) is 5.69 Å². The maximum Gasteiger partial charge on any atom is 0.516 e. The topological polar surface area (TPSA) is 46.2 Å². The number of hydrogen-bond donors (Lipinski definition) is 1. The molecule has 16 heavy (non-hydrogen) atoms. The van der Waals surface area contributed by atoms with Gasteiger partial charge in [0.05, 0.1) is 0 Å². The van der Waals surface area contributed by atoms with Gasteiger partial charge in [0, 0.05) is 5.69 Å². The van der Waals surface area contributed by atoms with Crippen LogP contribution in [-0.4, -0.2) is 13.9 Å². The molecule has 0 aliphatic rings. The molecule has 1 N–H and O–H groups in total. The number of sulfonamides is 1. The zero-order chi connectivity index (χ0) is 12.4. The van der Waals surface area contributed by atoms with Crippen LogP contribution in [0.1, 0.15) is 12.5 Å². The summed E-state index contributed by atoms with van der Waals surface area (Å²) in [4.78, 5) is 0. The first-order chi connectivity index (χ1) is 7.26. The third-order valence-corrected chi connectivity index (χ3v) is 3.01. The normalized spacial score (nSPS) is 12.5. The summed E-state index contributed by atoms with van der Waals surface area (Å²) < 4.78 is 59.2. The van der Waals surface area contributed by atoms with Gasteiger partial charge in [-0.2, -0.15) is 21.6 Å². The Morgan fingerprint density at radius 2 is 1.94 bits per heavy atom. The second-order valence-corrected chi connectivity index (χ2v) is 4.78. The second kappa shape index (κ2) is 4.32. The molecule has 0 saturated heterocycles. The molecule has 0 spiro atoms. The highest BCUT2D eigenvalue weighted by Gasteiger charge is 2.45. The number of benzene rings is 1. The van der Waals surface area contributed by atoms with Crippen LogP contribution in [0.3, 0.4) is 0 Å². The molecule has 0 radical (unpaired) electrons. The molecule has 0 unspecified atom stereocenters. The zero-order valence-corrected chi connectivity index (χ0v) is 9.19. The van der Waals surface area contributed by atoms with Gasteiger partial charge >= 0.3 is 15.5 Å². The lowest BCUT2D eigenvalue weighted by atomic mass is 10.1. The Labute approximate surface area is 91.3 Å². The van der Waals surface area contributed by atoms with Crippen molar-refractivity contribution in [3.8, 4) is 0 Å². The van der Waals surface area contributed by atoms with Crippen LogP contribution in [0.5, 0.6) is 0 Å². The van der Waals surface area contributed by atoms with E-state index in [0.717, 1.165) is 5.56 Å². The Morgan fingerprint density at radius 1 is 1.31 bits per heavy atom. The van der Waals surface area contributed by atoms with E-state index in [2.05, 4.69) is 0 Å². The molecule has 90 valence electrons. The van der Waals surface area contributed by atoms with E-state index >= 15 is 0 Å². The molecular formula is C9H10F3NO2S. The summed E-state index contributed by atoms with van der Waals surface area (Å²) in [6, 6.07) is 5.82. The number of alkyl halides is 3. The predicted molar refractivity (Wildman–Crippen MR) is 54.4 cm³/mol. The summed E-state index contributed by atoms with van der Waals surface area (Å²) in [7, 11) is -5.33. The first kappa shape index (κ1) is 12.8. The summed E-state index contributed by atoms with van der Waals surface area (Å²) in [6.07, 6.45) is 0.613. The Morgan fingerprint density at radius 3 is 2.44 bits per heavy atom. The smallest absolute Gasteiger partial charge is 0.276 e. The maximum absolute atomic E-state index is 12.1. The molecule has 0 aliphatic heterocycles. The molecule has 0 bridgehead atoms. The van der Waals surface area contributed by atoms with Crippen LogP contribution in [0.25, 0.3) is 0 Å². The molecule has 3 nitrogen and oxygen atoms in total. The van der Waals surface area contributed by atoms with Gasteiger partial charge in [-0.25, -0.2) is 0 Å². The lowest BCUT2D eigenvalue weighted by Crippen LogP contribution is -2.29. The van der Waals surface area contributed by atoms with Crippen molar-refractivity contribution in [1.82, 2.24) is 0 Å². The molecule has 0 fully saturated rings. The highest BCUT2D eigenvalue weighted by atomic mass is 32.2. The van der Waals surface area contributed by atoms with Crippen molar-refractivity contribution in [1.29, 1.82) is 0 Å². The minimum absolute atomic E-state index is 0.0864. The molecule has 0 aromatic heterocycles. The molecule has 0 heterocycles. The lowest BCUT2D eigenvalue weighted by Gasteiger charge is -2.10. The van der Waals surface area contributed by atoms with Crippen LogP contribution >= 0.6 is 0 Å². The van der Waals surface area contributed by atoms with Gasteiger partial charge in [0.2, 0.25) is 0 Å². The summed E-state index contributed by atoms with van der Waals surface area (Å²) in [5, 5.41) is 0. The Balaban J connectivity index is 2.97.